The van der Waals surface area contributed by atoms with Gasteiger partial charge in [-0.1, -0.05) is 0 Å². The van der Waals surface area contributed by atoms with Gasteiger partial charge in [-0.05, 0) is 25.0 Å². The largest absolute Gasteiger partial charge is 0.454 e. The SMILES string of the molecule is O=C(NCC1COC2(CCCC2)O1)C(=O)Nc1ccc2c(c1)OCO2. The van der Waals surface area contributed by atoms with Gasteiger partial charge in [-0.25, -0.2) is 0 Å². The van der Waals surface area contributed by atoms with Crippen LogP contribution in [0.2, 0.25) is 0 Å². The summed E-state index contributed by atoms with van der Waals surface area (Å²) < 4.78 is 22.1. The van der Waals surface area contributed by atoms with Crippen LogP contribution in [-0.2, 0) is 19.1 Å². The van der Waals surface area contributed by atoms with E-state index >= 15 is 0 Å². The first-order valence-electron chi connectivity index (χ1n) is 8.44. The van der Waals surface area contributed by atoms with Crippen molar-refractivity contribution in [2.45, 2.75) is 37.6 Å². The van der Waals surface area contributed by atoms with Crippen molar-refractivity contribution in [3.05, 3.63) is 18.2 Å². The minimum absolute atomic E-state index is 0.151. The summed E-state index contributed by atoms with van der Waals surface area (Å²) in [6.07, 6.45) is 3.75. The zero-order valence-corrected chi connectivity index (χ0v) is 13.7. The third kappa shape index (κ3) is 3.40. The van der Waals surface area contributed by atoms with Gasteiger partial charge in [0.2, 0.25) is 6.79 Å². The summed E-state index contributed by atoms with van der Waals surface area (Å²) in [6, 6.07) is 4.95. The summed E-state index contributed by atoms with van der Waals surface area (Å²) >= 11 is 0. The van der Waals surface area contributed by atoms with Crippen LogP contribution in [-0.4, -0.2) is 43.7 Å². The highest BCUT2D eigenvalue weighted by Crippen LogP contribution is 2.39. The molecule has 1 spiro atoms. The highest BCUT2D eigenvalue weighted by Gasteiger charge is 2.43. The van der Waals surface area contributed by atoms with Crippen LogP contribution in [0.3, 0.4) is 0 Å². The van der Waals surface area contributed by atoms with E-state index in [0.29, 0.717) is 23.8 Å². The summed E-state index contributed by atoms with van der Waals surface area (Å²) in [4.78, 5) is 24.0. The highest BCUT2D eigenvalue weighted by molar-refractivity contribution is 6.39. The summed E-state index contributed by atoms with van der Waals surface area (Å²) in [5.74, 6) is -0.773. The number of fused-ring (bicyclic) bond motifs is 1. The van der Waals surface area contributed by atoms with Gasteiger partial charge in [0.1, 0.15) is 6.10 Å². The van der Waals surface area contributed by atoms with E-state index in [0.717, 1.165) is 25.7 Å². The van der Waals surface area contributed by atoms with E-state index in [1.807, 2.05) is 0 Å². The van der Waals surface area contributed by atoms with Crippen molar-refractivity contribution < 1.29 is 28.5 Å². The summed E-state index contributed by atoms with van der Waals surface area (Å²) in [6.45, 7) is 0.831. The van der Waals surface area contributed by atoms with E-state index in [9.17, 15) is 9.59 Å². The van der Waals surface area contributed by atoms with Gasteiger partial charge in [0.15, 0.2) is 17.3 Å². The van der Waals surface area contributed by atoms with Crippen LogP contribution in [0, 0.1) is 0 Å². The van der Waals surface area contributed by atoms with Gasteiger partial charge >= 0.3 is 11.8 Å². The van der Waals surface area contributed by atoms with Crippen molar-refractivity contribution >= 4 is 17.5 Å². The Kier molecular flexibility index (Phi) is 4.22. The predicted molar refractivity (Wildman–Crippen MR) is 86.2 cm³/mol. The van der Waals surface area contributed by atoms with E-state index in [4.69, 9.17) is 18.9 Å². The molecule has 0 bridgehead atoms. The molecule has 8 nitrogen and oxygen atoms in total. The molecule has 1 aromatic carbocycles. The summed E-state index contributed by atoms with van der Waals surface area (Å²) in [5, 5.41) is 5.13. The lowest BCUT2D eigenvalue weighted by molar-refractivity contribution is -0.161. The van der Waals surface area contributed by atoms with Crippen molar-refractivity contribution in [1.29, 1.82) is 0 Å². The fourth-order valence-corrected chi connectivity index (χ4v) is 3.34. The molecule has 2 amide bonds. The van der Waals surface area contributed by atoms with Crippen molar-refractivity contribution in [1.82, 2.24) is 5.32 Å². The van der Waals surface area contributed by atoms with Gasteiger partial charge < -0.3 is 29.6 Å². The first-order chi connectivity index (χ1) is 12.1. The van der Waals surface area contributed by atoms with E-state index in [1.54, 1.807) is 18.2 Å². The number of benzene rings is 1. The Morgan fingerprint density at radius 2 is 1.92 bits per heavy atom. The lowest BCUT2D eigenvalue weighted by Gasteiger charge is -2.21. The predicted octanol–water partition coefficient (Wildman–Crippen LogP) is 1.16. The molecule has 1 saturated carbocycles. The summed E-state index contributed by atoms with van der Waals surface area (Å²) in [7, 11) is 0. The third-order valence-corrected chi connectivity index (χ3v) is 4.61. The molecule has 1 saturated heterocycles. The van der Waals surface area contributed by atoms with Crippen molar-refractivity contribution in [2.24, 2.45) is 0 Å². The Morgan fingerprint density at radius 3 is 2.76 bits per heavy atom. The molecule has 25 heavy (non-hydrogen) atoms. The second kappa shape index (κ2) is 6.53. The van der Waals surface area contributed by atoms with Gasteiger partial charge in [-0.2, -0.15) is 0 Å². The number of nitrogens with one attached hydrogen (secondary N) is 2. The monoisotopic (exact) mass is 348 g/mol. The molecule has 1 atom stereocenters. The molecule has 1 aromatic rings. The normalized spacial score (nSPS) is 23.0. The molecule has 2 fully saturated rings. The molecule has 2 N–H and O–H groups in total. The van der Waals surface area contributed by atoms with Crippen LogP contribution in [0.1, 0.15) is 25.7 Å². The molecule has 1 unspecified atom stereocenters. The lowest BCUT2D eigenvalue weighted by Crippen LogP contribution is -2.40. The third-order valence-electron chi connectivity index (χ3n) is 4.61. The minimum atomic E-state index is -0.742. The quantitative estimate of drug-likeness (QED) is 0.796. The van der Waals surface area contributed by atoms with Crippen molar-refractivity contribution in [3.8, 4) is 11.5 Å². The average molecular weight is 348 g/mol. The van der Waals surface area contributed by atoms with E-state index < -0.39 is 17.6 Å². The second-order valence-corrected chi connectivity index (χ2v) is 6.40. The Morgan fingerprint density at radius 1 is 1.12 bits per heavy atom. The number of hydrogen-bond acceptors (Lipinski definition) is 6. The highest BCUT2D eigenvalue weighted by atomic mass is 16.7. The molecule has 0 aromatic heterocycles. The standard InChI is InChI=1S/C17H20N2O6/c20-15(18-8-12-9-24-17(25-12)5-1-2-6-17)16(21)19-11-3-4-13-14(7-11)23-10-22-13/h3-4,7,12H,1-2,5-6,8-10H2,(H,18,20)(H,19,21). The molecular weight excluding hydrogens is 328 g/mol. The maximum absolute atomic E-state index is 12.0. The fraction of sp³-hybridized carbons (Fsp3) is 0.529. The van der Waals surface area contributed by atoms with Crippen LogP contribution < -0.4 is 20.1 Å². The number of amides is 2. The fourth-order valence-electron chi connectivity index (χ4n) is 3.34. The van der Waals surface area contributed by atoms with Gasteiger partial charge in [0.05, 0.1) is 6.61 Å². The number of ether oxygens (including phenoxy) is 4. The zero-order chi connectivity index (χ0) is 17.3. The van der Waals surface area contributed by atoms with Crippen molar-refractivity contribution in [3.63, 3.8) is 0 Å². The number of rotatable bonds is 3. The van der Waals surface area contributed by atoms with Crippen LogP contribution >= 0.6 is 0 Å². The molecule has 2 heterocycles. The Bertz CT molecular complexity index is 686. The van der Waals surface area contributed by atoms with Crippen LogP contribution in [0.25, 0.3) is 0 Å². The molecule has 134 valence electrons. The van der Waals surface area contributed by atoms with Gasteiger partial charge in [0.25, 0.3) is 0 Å². The van der Waals surface area contributed by atoms with Crippen LogP contribution in [0.15, 0.2) is 18.2 Å². The maximum Gasteiger partial charge on any atom is 0.313 e. The molecule has 2 aliphatic heterocycles. The topological polar surface area (TPSA) is 95.1 Å². The minimum Gasteiger partial charge on any atom is -0.454 e. The molecule has 3 aliphatic rings. The molecule has 0 radical (unpaired) electrons. The number of anilines is 1. The van der Waals surface area contributed by atoms with Crippen molar-refractivity contribution in [2.75, 3.05) is 25.3 Å². The van der Waals surface area contributed by atoms with Gasteiger partial charge in [0, 0.05) is 31.1 Å². The first-order valence-corrected chi connectivity index (χ1v) is 8.44. The van der Waals surface area contributed by atoms with E-state index in [2.05, 4.69) is 10.6 Å². The Balaban J connectivity index is 1.26. The van der Waals surface area contributed by atoms with E-state index in [1.165, 1.54) is 0 Å². The van der Waals surface area contributed by atoms with Crippen LogP contribution in [0.4, 0.5) is 5.69 Å². The van der Waals surface area contributed by atoms with Gasteiger partial charge in [-0.15, -0.1) is 0 Å². The Labute approximate surface area is 144 Å². The smallest absolute Gasteiger partial charge is 0.313 e. The second-order valence-electron chi connectivity index (χ2n) is 6.40. The van der Waals surface area contributed by atoms with E-state index in [-0.39, 0.29) is 19.4 Å². The average Bonchev–Trinajstić information content (AvgIpc) is 3.34. The molecule has 1 aliphatic carbocycles. The molecule has 4 rings (SSSR count). The zero-order valence-electron chi connectivity index (χ0n) is 13.7. The maximum atomic E-state index is 12.0. The van der Waals surface area contributed by atoms with Crippen LogP contribution in [0.5, 0.6) is 11.5 Å². The number of carbonyl (C=O) groups is 2. The van der Waals surface area contributed by atoms with Gasteiger partial charge in [-0.3, -0.25) is 9.59 Å². The number of hydrogen-bond donors (Lipinski definition) is 2. The Hall–Kier alpha value is -2.32. The summed E-state index contributed by atoms with van der Waals surface area (Å²) in [5.41, 5.74) is 0.467. The number of carbonyl (C=O) groups excluding carboxylic acids is 2. The molecular formula is C17H20N2O6. The lowest BCUT2D eigenvalue weighted by atomic mass is 10.2. The molecule has 8 heteroatoms. The first kappa shape index (κ1) is 16.2.